The van der Waals surface area contributed by atoms with Gasteiger partial charge in [-0.25, -0.2) is 4.79 Å². The van der Waals surface area contributed by atoms with E-state index in [9.17, 15) is 4.79 Å². The van der Waals surface area contributed by atoms with Crippen LogP contribution in [0, 0.1) is 6.92 Å². The molecule has 0 aliphatic rings. The van der Waals surface area contributed by atoms with E-state index >= 15 is 0 Å². The molecule has 1 heterocycles. The number of pyridine rings is 1. The lowest BCUT2D eigenvalue weighted by molar-refractivity contribution is 0.252. The summed E-state index contributed by atoms with van der Waals surface area (Å²) in [4.78, 5) is 15.9. The van der Waals surface area contributed by atoms with Gasteiger partial charge in [0.05, 0.1) is 11.4 Å². The van der Waals surface area contributed by atoms with Gasteiger partial charge in [-0.15, -0.1) is 0 Å². The maximum Gasteiger partial charge on any atom is 0.319 e. The molecule has 0 aliphatic carbocycles. The molecule has 1 aromatic carbocycles. The Balaban J connectivity index is 1.69. The van der Waals surface area contributed by atoms with Crippen molar-refractivity contribution < 1.29 is 4.79 Å². The first-order chi connectivity index (χ1) is 9.75. The summed E-state index contributed by atoms with van der Waals surface area (Å²) in [5, 5.41) is 5.65. The Kier molecular flexibility index (Phi) is 5.12. The smallest absolute Gasteiger partial charge is 0.319 e. The van der Waals surface area contributed by atoms with E-state index in [0.717, 1.165) is 24.2 Å². The van der Waals surface area contributed by atoms with Gasteiger partial charge in [0.25, 0.3) is 0 Å². The maximum atomic E-state index is 11.7. The molecular formula is C16H19N3O. The van der Waals surface area contributed by atoms with Crippen molar-refractivity contribution in [3.63, 3.8) is 0 Å². The molecule has 0 saturated carbocycles. The van der Waals surface area contributed by atoms with E-state index in [0.29, 0.717) is 6.54 Å². The number of nitrogens with zero attached hydrogens (tertiary/aromatic N) is 1. The van der Waals surface area contributed by atoms with Crippen molar-refractivity contribution in [2.45, 2.75) is 19.8 Å². The standard InChI is InChI=1S/C16H19N3O/c1-13-15(10-6-11-17-13)19-16(20)18-12-5-9-14-7-3-2-4-8-14/h2-4,6-8,10-11H,5,9,12H2,1H3,(H2,18,19,20). The van der Waals surface area contributed by atoms with Gasteiger partial charge in [0.1, 0.15) is 0 Å². The van der Waals surface area contributed by atoms with Gasteiger partial charge in [-0.2, -0.15) is 0 Å². The van der Waals surface area contributed by atoms with Gasteiger partial charge in [0, 0.05) is 12.7 Å². The normalized spacial score (nSPS) is 10.1. The Labute approximate surface area is 119 Å². The van der Waals surface area contributed by atoms with Gasteiger partial charge in [-0.3, -0.25) is 4.98 Å². The van der Waals surface area contributed by atoms with Crippen LogP contribution in [0.15, 0.2) is 48.7 Å². The van der Waals surface area contributed by atoms with E-state index in [1.807, 2.05) is 31.2 Å². The first-order valence-corrected chi connectivity index (χ1v) is 6.76. The molecule has 0 spiro atoms. The Morgan fingerprint density at radius 1 is 1.15 bits per heavy atom. The van der Waals surface area contributed by atoms with Gasteiger partial charge in [0.2, 0.25) is 0 Å². The van der Waals surface area contributed by atoms with E-state index in [1.54, 1.807) is 12.3 Å². The minimum atomic E-state index is -0.186. The molecule has 0 atom stereocenters. The van der Waals surface area contributed by atoms with Crippen molar-refractivity contribution >= 4 is 11.7 Å². The van der Waals surface area contributed by atoms with Crippen molar-refractivity contribution in [3.05, 3.63) is 59.9 Å². The number of aryl methyl sites for hydroxylation is 2. The van der Waals surface area contributed by atoms with E-state index in [4.69, 9.17) is 0 Å². The number of carbonyl (C=O) groups is 1. The van der Waals surface area contributed by atoms with Gasteiger partial charge in [-0.05, 0) is 37.5 Å². The number of hydrogen-bond donors (Lipinski definition) is 2. The number of urea groups is 1. The molecule has 104 valence electrons. The third-order valence-corrected chi connectivity index (χ3v) is 3.03. The predicted molar refractivity (Wildman–Crippen MR) is 80.8 cm³/mol. The van der Waals surface area contributed by atoms with Gasteiger partial charge < -0.3 is 10.6 Å². The molecule has 4 heteroatoms. The number of anilines is 1. The van der Waals surface area contributed by atoms with Crippen LogP contribution in [0.3, 0.4) is 0 Å². The second-order valence-electron chi connectivity index (χ2n) is 4.61. The van der Waals surface area contributed by atoms with E-state index in [1.165, 1.54) is 5.56 Å². The third-order valence-electron chi connectivity index (χ3n) is 3.03. The Hall–Kier alpha value is -2.36. The van der Waals surface area contributed by atoms with Crippen molar-refractivity contribution in [3.8, 4) is 0 Å². The number of carbonyl (C=O) groups excluding carboxylic acids is 1. The molecule has 0 radical (unpaired) electrons. The highest BCUT2D eigenvalue weighted by atomic mass is 16.2. The van der Waals surface area contributed by atoms with Gasteiger partial charge in [-0.1, -0.05) is 30.3 Å². The summed E-state index contributed by atoms with van der Waals surface area (Å²) >= 11 is 0. The molecule has 0 aliphatic heterocycles. The molecule has 2 N–H and O–H groups in total. The highest BCUT2D eigenvalue weighted by molar-refractivity contribution is 5.89. The summed E-state index contributed by atoms with van der Waals surface area (Å²) in [6.45, 7) is 2.52. The van der Waals surface area contributed by atoms with Crippen LogP contribution in [0.4, 0.5) is 10.5 Å². The molecule has 0 fully saturated rings. The number of amides is 2. The number of hydrogen-bond acceptors (Lipinski definition) is 2. The molecule has 0 bridgehead atoms. The number of benzene rings is 1. The topological polar surface area (TPSA) is 54.0 Å². The van der Waals surface area contributed by atoms with E-state index in [-0.39, 0.29) is 6.03 Å². The Bertz CT molecular complexity index is 555. The van der Waals surface area contributed by atoms with Crippen LogP contribution in [0.5, 0.6) is 0 Å². The van der Waals surface area contributed by atoms with Crippen molar-refractivity contribution in [1.29, 1.82) is 0 Å². The summed E-state index contributed by atoms with van der Waals surface area (Å²) < 4.78 is 0. The highest BCUT2D eigenvalue weighted by Gasteiger charge is 2.03. The van der Waals surface area contributed by atoms with Crippen molar-refractivity contribution in [2.75, 3.05) is 11.9 Å². The lowest BCUT2D eigenvalue weighted by atomic mass is 10.1. The van der Waals surface area contributed by atoms with Crippen LogP contribution in [0.2, 0.25) is 0 Å². The summed E-state index contributed by atoms with van der Waals surface area (Å²) in [6.07, 6.45) is 3.59. The SMILES string of the molecule is Cc1ncccc1NC(=O)NCCCc1ccccc1. The second kappa shape index (κ2) is 7.28. The molecule has 4 nitrogen and oxygen atoms in total. The lowest BCUT2D eigenvalue weighted by Crippen LogP contribution is -2.30. The van der Waals surface area contributed by atoms with Crippen molar-refractivity contribution in [1.82, 2.24) is 10.3 Å². The largest absolute Gasteiger partial charge is 0.338 e. The minimum absolute atomic E-state index is 0.186. The molecule has 2 amide bonds. The second-order valence-corrected chi connectivity index (χ2v) is 4.61. The molecule has 1 aromatic heterocycles. The molecule has 2 rings (SSSR count). The van der Waals surface area contributed by atoms with Crippen LogP contribution in [-0.2, 0) is 6.42 Å². The number of nitrogens with one attached hydrogen (secondary N) is 2. The molecule has 20 heavy (non-hydrogen) atoms. The number of aromatic nitrogens is 1. The van der Waals surface area contributed by atoms with Crippen molar-refractivity contribution in [2.24, 2.45) is 0 Å². The summed E-state index contributed by atoms with van der Waals surface area (Å²) in [6, 6.07) is 13.7. The molecule has 2 aromatic rings. The average molecular weight is 269 g/mol. The van der Waals surface area contributed by atoms with Crippen LogP contribution in [0.1, 0.15) is 17.7 Å². The maximum absolute atomic E-state index is 11.7. The van der Waals surface area contributed by atoms with Crippen LogP contribution in [0.25, 0.3) is 0 Å². The average Bonchev–Trinajstić information content (AvgIpc) is 2.47. The van der Waals surface area contributed by atoms with Gasteiger partial charge in [0.15, 0.2) is 0 Å². The number of rotatable bonds is 5. The molecule has 0 saturated heterocycles. The first kappa shape index (κ1) is 14.1. The highest BCUT2D eigenvalue weighted by Crippen LogP contribution is 2.09. The third kappa shape index (κ3) is 4.39. The zero-order valence-electron chi connectivity index (χ0n) is 11.6. The molecule has 0 unspecified atom stereocenters. The minimum Gasteiger partial charge on any atom is -0.338 e. The first-order valence-electron chi connectivity index (χ1n) is 6.76. The van der Waals surface area contributed by atoms with E-state index in [2.05, 4.69) is 27.8 Å². The zero-order chi connectivity index (χ0) is 14.2. The van der Waals surface area contributed by atoms with Crippen LogP contribution < -0.4 is 10.6 Å². The van der Waals surface area contributed by atoms with Crippen LogP contribution in [-0.4, -0.2) is 17.6 Å². The fraction of sp³-hybridized carbons (Fsp3) is 0.250. The Morgan fingerprint density at radius 2 is 1.95 bits per heavy atom. The fourth-order valence-electron chi connectivity index (χ4n) is 1.92. The monoisotopic (exact) mass is 269 g/mol. The fourth-order valence-corrected chi connectivity index (χ4v) is 1.92. The summed E-state index contributed by atoms with van der Waals surface area (Å²) in [5.74, 6) is 0. The summed E-state index contributed by atoms with van der Waals surface area (Å²) in [7, 11) is 0. The summed E-state index contributed by atoms with van der Waals surface area (Å²) in [5.41, 5.74) is 2.85. The van der Waals surface area contributed by atoms with Crippen LogP contribution >= 0.6 is 0 Å². The van der Waals surface area contributed by atoms with Gasteiger partial charge >= 0.3 is 6.03 Å². The quantitative estimate of drug-likeness (QED) is 0.819. The lowest BCUT2D eigenvalue weighted by Gasteiger charge is -2.09. The Morgan fingerprint density at radius 3 is 2.70 bits per heavy atom. The molecular weight excluding hydrogens is 250 g/mol. The predicted octanol–water partition coefficient (Wildman–Crippen LogP) is 3.14. The zero-order valence-corrected chi connectivity index (χ0v) is 11.6. The van der Waals surface area contributed by atoms with E-state index < -0.39 is 0 Å².